The van der Waals surface area contributed by atoms with Gasteiger partial charge in [0, 0.05) is 0 Å². The SMILES string of the molecule is F.[Al+3].[O-2].[O-2].[O-2].[Y+3]. The number of hydrogen-bond acceptors (Lipinski definition) is 0. The van der Waals surface area contributed by atoms with Crippen LogP contribution in [0.4, 0.5) is 4.70 Å². The Morgan fingerprint density at radius 2 is 0.667 bits per heavy atom. The Balaban J connectivity index is 0. The molecule has 0 radical (unpaired) electrons. The molecule has 0 rings (SSSR count). The van der Waals surface area contributed by atoms with Crippen molar-refractivity contribution >= 4 is 17.4 Å². The summed E-state index contributed by atoms with van der Waals surface area (Å²) in [6.07, 6.45) is 0. The molecule has 0 saturated heterocycles. The number of halogens is 1. The van der Waals surface area contributed by atoms with E-state index in [0.29, 0.717) is 0 Å². The molecule has 0 aliphatic rings. The third-order valence-electron chi connectivity index (χ3n) is 0. The van der Waals surface area contributed by atoms with Crippen molar-refractivity contribution in [1.82, 2.24) is 0 Å². The summed E-state index contributed by atoms with van der Waals surface area (Å²) in [6, 6.07) is 0. The minimum Gasteiger partial charge on any atom is -2.00 e. The van der Waals surface area contributed by atoms with Crippen LogP contribution in [-0.4, -0.2) is 17.4 Å². The monoisotopic (exact) mass is 184 g/mol. The topological polar surface area (TPSA) is 85.5 Å². The molecule has 0 heterocycles. The second kappa shape index (κ2) is 91.4. The van der Waals surface area contributed by atoms with E-state index in [4.69, 9.17) is 0 Å². The average molecular weight is 184 g/mol. The summed E-state index contributed by atoms with van der Waals surface area (Å²) < 4.78 is 0. The molecule has 0 N–H and O–H groups in total. The Bertz CT molecular complexity index is 10.8. The normalized spacial score (nSPS) is 0. The first-order valence-electron chi connectivity index (χ1n) is 0. The number of rotatable bonds is 0. The molecule has 0 aromatic heterocycles. The minimum atomic E-state index is 0. The fourth-order valence-electron chi connectivity index (χ4n) is 0. The molecule has 0 aliphatic heterocycles. The van der Waals surface area contributed by atoms with Crippen molar-refractivity contribution in [1.29, 1.82) is 0 Å². The molecule has 0 bridgehead atoms. The molecule has 6 heteroatoms. The van der Waals surface area contributed by atoms with Crippen LogP contribution in [-0.2, 0) is 49.1 Å². The van der Waals surface area contributed by atoms with Crippen molar-refractivity contribution in [3.63, 3.8) is 0 Å². The van der Waals surface area contributed by atoms with Crippen LogP contribution in [0.25, 0.3) is 0 Å². The van der Waals surface area contributed by atoms with Crippen LogP contribution in [0, 0.1) is 0 Å². The molecular weight excluding hydrogens is 183 g/mol. The maximum atomic E-state index is 0. The third-order valence-corrected chi connectivity index (χ3v) is 0. The van der Waals surface area contributed by atoms with Crippen LogP contribution in [0.2, 0.25) is 0 Å². The quantitative estimate of drug-likeness (QED) is 0.450. The molecule has 0 atom stereocenters. The van der Waals surface area contributed by atoms with Crippen molar-refractivity contribution in [2.24, 2.45) is 0 Å². The van der Waals surface area contributed by atoms with Crippen molar-refractivity contribution in [3.05, 3.63) is 0 Å². The van der Waals surface area contributed by atoms with E-state index >= 15 is 0 Å². The van der Waals surface area contributed by atoms with Crippen molar-refractivity contribution in [3.8, 4) is 0 Å². The number of hydrogen-bond donors (Lipinski definition) is 0. The fourth-order valence-corrected chi connectivity index (χ4v) is 0. The van der Waals surface area contributed by atoms with Gasteiger partial charge in [0.2, 0.25) is 0 Å². The van der Waals surface area contributed by atoms with E-state index in [1.807, 2.05) is 0 Å². The summed E-state index contributed by atoms with van der Waals surface area (Å²) in [5.41, 5.74) is 0. The predicted octanol–water partition coefficient (Wildman–Crippen LogP) is -0.587. The summed E-state index contributed by atoms with van der Waals surface area (Å²) in [5, 5.41) is 0. The maximum Gasteiger partial charge on any atom is 3.00 e. The van der Waals surface area contributed by atoms with Gasteiger partial charge >= 0.3 is 50.1 Å². The van der Waals surface area contributed by atoms with Gasteiger partial charge in [0.25, 0.3) is 0 Å². The first kappa shape index (κ1) is 148. The van der Waals surface area contributed by atoms with Crippen LogP contribution in [0.3, 0.4) is 0 Å². The average Bonchev–Trinajstić information content (AvgIpc) is 0. The van der Waals surface area contributed by atoms with E-state index in [1.54, 1.807) is 0 Å². The molecule has 0 fully saturated rings. The van der Waals surface area contributed by atoms with E-state index in [0.717, 1.165) is 0 Å². The van der Waals surface area contributed by atoms with Crippen LogP contribution >= 0.6 is 0 Å². The summed E-state index contributed by atoms with van der Waals surface area (Å²) in [6.45, 7) is 0. The first-order chi connectivity index (χ1) is 0. The van der Waals surface area contributed by atoms with Gasteiger partial charge < -0.3 is 16.4 Å². The largest absolute Gasteiger partial charge is 3.00 e. The molecule has 6 heavy (non-hydrogen) atoms. The molecule has 0 aromatic rings. The van der Waals surface area contributed by atoms with Crippen molar-refractivity contribution in [2.45, 2.75) is 0 Å². The third kappa shape index (κ3) is 51.5. The van der Waals surface area contributed by atoms with Crippen LogP contribution in [0.1, 0.15) is 0 Å². The van der Waals surface area contributed by atoms with Gasteiger partial charge in [0.1, 0.15) is 0 Å². The maximum absolute atomic E-state index is 0. The van der Waals surface area contributed by atoms with Gasteiger partial charge in [0.05, 0.1) is 0 Å². The first-order valence-corrected chi connectivity index (χ1v) is 0. The van der Waals surface area contributed by atoms with Crippen molar-refractivity contribution < 1.29 is 53.8 Å². The van der Waals surface area contributed by atoms with Crippen LogP contribution in [0.15, 0.2) is 0 Å². The summed E-state index contributed by atoms with van der Waals surface area (Å²) in [7, 11) is 0. The van der Waals surface area contributed by atoms with E-state index in [2.05, 4.69) is 0 Å². The van der Waals surface area contributed by atoms with E-state index in [9.17, 15) is 0 Å². The predicted molar refractivity (Wildman–Crippen MR) is 10.3 cm³/mol. The second-order valence-corrected chi connectivity index (χ2v) is 0. The van der Waals surface area contributed by atoms with Gasteiger partial charge in [0.15, 0.2) is 0 Å². The van der Waals surface area contributed by atoms with Gasteiger partial charge in [-0.2, -0.15) is 0 Å². The molecule has 0 aromatic carbocycles. The van der Waals surface area contributed by atoms with E-state index in [1.165, 1.54) is 0 Å². The van der Waals surface area contributed by atoms with Crippen LogP contribution in [0.5, 0.6) is 0 Å². The van der Waals surface area contributed by atoms with Gasteiger partial charge in [-0.1, -0.05) is 0 Å². The molecule has 0 aliphatic carbocycles. The smallest absolute Gasteiger partial charge is 2.00 e. The zero-order valence-corrected chi connectivity index (χ0v) is 6.78. The Labute approximate surface area is 70.8 Å². The molecule has 3 nitrogen and oxygen atoms in total. The van der Waals surface area contributed by atoms with E-state index in [-0.39, 0.29) is 71.2 Å². The van der Waals surface area contributed by atoms with E-state index < -0.39 is 0 Å². The Hall–Kier alpha value is 1.45. The van der Waals surface area contributed by atoms with Crippen LogP contribution < -0.4 is 0 Å². The minimum absolute atomic E-state index is 0. The Morgan fingerprint density at radius 1 is 0.667 bits per heavy atom. The zero-order chi connectivity index (χ0) is 0. The molecule has 0 amide bonds. The van der Waals surface area contributed by atoms with Gasteiger partial charge in [-0.3, -0.25) is 4.70 Å². The molecule has 0 unspecified atom stereocenters. The molecule has 32 valence electrons. The van der Waals surface area contributed by atoms with Gasteiger partial charge in [-0.05, 0) is 0 Å². The second-order valence-electron chi connectivity index (χ2n) is 0. The van der Waals surface area contributed by atoms with Gasteiger partial charge in [-0.15, -0.1) is 0 Å². The molecular formula is HAlFO3Y. The standard InChI is InChI=1S/Al.FH.3O.Y/h;1H;;;;/q+3;;3*-2;+3. The summed E-state index contributed by atoms with van der Waals surface area (Å²) in [4.78, 5) is 0. The summed E-state index contributed by atoms with van der Waals surface area (Å²) in [5.74, 6) is 0. The Kier molecular flexibility index (Phi) is 2250. The zero-order valence-electron chi connectivity index (χ0n) is 2.79. The Morgan fingerprint density at radius 3 is 0.667 bits per heavy atom. The van der Waals surface area contributed by atoms with Crippen molar-refractivity contribution in [2.75, 3.05) is 0 Å². The molecule has 0 saturated carbocycles. The fraction of sp³-hybridized carbons (Fsp3) is 0. The summed E-state index contributed by atoms with van der Waals surface area (Å²) >= 11 is 0. The van der Waals surface area contributed by atoms with Gasteiger partial charge in [-0.25, -0.2) is 0 Å². The molecule has 0 spiro atoms.